The van der Waals surface area contributed by atoms with Gasteiger partial charge in [0.05, 0.1) is 12.0 Å². The number of sulfonamides is 1. The Bertz CT molecular complexity index is 839. The van der Waals surface area contributed by atoms with Crippen molar-refractivity contribution in [2.45, 2.75) is 18.0 Å². The maximum atomic E-state index is 11.3. The highest BCUT2D eigenvalue weighted by Crippen LogP contribution is 2.16. The van der Waals surface area contributed by atoms with Crippen molar-refractivity contribution in [3.8, 4) is 5.75 Å². The van der Waals surface area contributed by atoms with Gasteiger partial charge in [-0.25, -0.2) is 13.6 Å². The average molecular weight is 490 g/mol. The van der Waals surface area contributed by atoms with Gasteiger partial charge in [-0.2, -0.15) is 0 Å². The van der Waals surface area contributed by atoms with E-state index in [-0.39, 0.29) is 28.9 Å². The zero-order valence-corrected chi connectivity index (χ0v) is 17.7. The number of benzene rings is 2. The first-order valence-corrected chi connectivity index (χ1v) is 9.17. The Hall–Kier alpha value is -1.85. The number of rotatable bonds is 6. The number of nitrogens with two attached hydrogens (primary N) is 1. The lowest BCUT2D eigenvalue weighted by atomic mass is 10.2. The van der Waals surface area contributed by atoms with E-state index < -0.39 is 10.0 Å². The molecule has 0 saturated carbocycles. The summed E-state index contributed by atoms with van der Waals surface area (Å²) >= 11 is 0. The number of para-hydroxylation sites is 1. The molecule has 0 spiro atoms. The number of primary sulfonamides is 1. The van der Waals surface area contributed by atoms with Crippen LogP contribution in [0.5, 0.6) is 5.75 Å². The van der Waals surface area contributed by atoms with Crippen LogP contribution in [0.15, 0.2) is 58.4 Å². The highest BCUT2D eigenvalue weighted by Gasteiger charge is 2.07. The van der Waals surface area contributed by atoms with Crippen molar-refractivity contribution in [1.29, 1.82) is 0 Å². The minimum Gasteiger partial charge on any atom is -0.496 e. The standard InChI is InChI=1S/C17H22N4O3S.HI/c1-19-17(21-12-14-5-3-4-6-16(14)24-2)20-11-13-7-9-15(10-8-13)25(18,22)23;/h3-10H,11-12H2,1-2H3,(H2,18,22,23)(H2,19,20,21);1H. The van der Waals surface area contributed by atoms with E-state index in [0.717, 1.165) is 16.9 Å². The Morgan fingerprint density at radius 2 is 1.69 bits per heavy atom. The molecule has 0 aliphatic heterocycles. The van der Waals surface area contributed by atoms with Gasteiger partial charge in [-0.3, -0.25) is 4.99 Å². The number of nitrogens with one attached hydrogen (secondary N) is 2. The minimum atomic E-state index is -3.67. The van der Waals surface area contributed by atoms with Crippen LogP contribution in [-0.2, 0) is 23.1 Å². The second-order valence-electron chi connectivity index (χ2n) is 5.28. The second-order valence-corrected chi connectivity index (χ2v) is 6.84. The third-order valence-electron chi connectivity index (χ3n) is 3.57. The van der Waals surface area contributed by atoms with Crippen molar-refractivity contribution in [2.75, 3.05) is 14.2 Å². The van der Waals surface area contributed by atoms with E-state index in [0.29, 0.717) is 19.0 Å². The second kappa shape index (κ2) is 10.3. The van der Waals surface area contributed by atoms with Crippen molar-refractivity contribution in [1.82, 2.24) is 10.6 Å². The van der Waals surface area contributed by atoms with Gasteiger partial charge in [0.2, 0.25) is 10.0 Å². The molecular weight excluding hydrogens is 467 g/mol. The number of ether oxygens (including phenoxy) is 1. The first-order valence-electron chi connectivity index (χ1n) is 7.62. The van der Waals surface area contributed by atoms with Crippen molar-refractivity contribution < 1.29 is 13.2 Å². The number of hydrogen-bond acceptors (Lipinski definition) is 4. The van der Waals surface area contributed by atoms with Gasteiger partial charge in [0.15, 0.2) is 5.96 Å². The maximum absolute atomic E-state index is 11.3. The van der Waals surface area contributed by atoms with E-state index in [9.17, 15) is 8.42 Å². The molecule has 0 saturated heterocycles. The van der Waals surface area contributed by atoms with Gasteiger partial charge in [-0.1, -0.05) is 30.3 Å². The summed E-state index contributed by atoms with van der Waals surface area (Å²) in [4.78, 5) is 4.26. The van der Waals surface area contributed by atoms with E-state index in [4.69, 9.17) is 9.88 Å². The van der Waals surface area contributed by atoms with Crippen LogP contribution in [0.3, 0.4) is 0 Å². The summed E-state index contributed by atoms with van der Waals surface area (Å²) in [5.74, 6) is 1.44. The van der Waals surface area contributed by atoms with Gasteiger partial charge in [0.25, 0.3) is 0 Å². The van der Waals surface area contributed by atoms with Crippen LogP contribution in [0.4, 0.5) is 0 Å². The van der Waals surface area contributed by atoms with E-state index in [2.05, 4.69) is 15.6 Å². The molecule has 2 aromatic carbocycles. The number of halogens is 1. The maximum Gasteiger partial charge on any atom is 0.238 e. The van der Waals surface area contributed by atoms with Crippen LogP contribution in [-0.4, -0.2) is 28.5 Å². The van der Waals surface area contributed by atoms with E-state index >= 15 is 0 Å². The summed E-state index contributed by atoms with van der Waals surface area (Å²) < 4.78 is 27.8. The van der Waals surface area contributed by atoms with E-state index in [1.54, 1.807) is 26.3 Å². The van der Waals surface area contributed by atoms with E-state index in [1.165, 1.54) is 12.1 Å². The van der Waals surface area contributed by atoms with Gasteiger partial charge in [-0.15, -0.1) is 24.0 Å². The molecule has 2 aromatic rings. The monoisotopic (exact) mass is 490 g/mol. The topological polar surface area (TPSA) is 106 Å². The molecule has 7 nitrogen and oxygen atoms in total. The molecule has 142 valence electrons. The minimum absolute atomic E-state index is 0. The number of guanidine groups is 1. The molecule has 0 amide bonds. The predicted molar refractivity (Wildman–Crippen MR) is 113 cm³/mol. The fourth-order valence-electron chi connectivity index (χ4n) is 2.23. The molecule has 0 atom stereocenters. The zero-order chi connectivity index (χ0) is 18.3. The van der Waals surface area contributed by atoms with Crippen LogP contribution < -0.4 is 20.5 Å². The molecule has 9 heteroatoms. The zero-order valence-electron chi connectivity index (χ0n) is 14.6. The summed E-state index contributed by atoms with van der Waals surface area (Å²) in [6, 6.07) is 14.1. The Morgan fingerprint density at radius 1 is 1.08 bits per heavy atom. The van der Waals surface area contributed by atoms with Crippen LogP contribution >= 0.6 is 24.0 Å². The summed E-state index contributed by atoms with van der Waals surface area (Å²) in [6.45, 7) is 1.06. The van der Waals surface area contributed by atoms with Gasteiger partial charge < -0.3 is 15.4 Å². The number of methoxy groups -OCH3 is 1. The summed E-state index contributed by atoms with van der Waals surface area (Å²) in [5, 5.41) is 11.5. The molecule has 2 rings (SSSR count). The van der Waals surface area contributed by atoms with Gasteiger partial charge >= 0.3 is 0 Å². The summed E-state index contributed by atoms with van der Waals surface area (Å²) in [5.41, 5.74) is 1.93. The fraction of sp³-hybridized carbons (Fsp3) is 0.235. The Morgan fingerprint density at radius 3 is 2.27 bits per heavy atom. The first-order chi connectivity index (χ1) is 11.9. The Kier molecular flexibility index (Phi) is 8.82. The van der Waals surface area contributed by atoms with Crippen molar-refractivity contribution >= 4 is 40.0 Å². The van der Waals surface area contributed by atoms with Crippen molar-refractivity contribution in [3.63, 3.8) is 0 Å². The van der Waals surface area contributed by atoms with Crippen LogP contribution in [0.25, 0.3) is 0 Å². The molecule has 0 bridgehead atoms. The quantitative estimate of drug-likeness (QED) is 0.326. The summed E-state index contributed by atoms with van der Waals surface area (Å²) in [7, 11) is -0.352. The average Bonchev–Trinajstić information content (AvgIpc) is 2.61. The molecule has 0 fully saturated rings. The number of hydrogen-bond donors (Lipinski definition) is 3. The van der Waals surface area contributed by atoms with Gasteiger partial charge in [0.1, 0.15) is 5.75 Å². The molecule has 0 aliphatic carbocycles. The Balaban J connectivity index is 0.00000338. The van der Waals surface area contributed by atoms with Crippen molar-refractivity contribution in [2.24, 2.45) is 10.1 Å². The lowest BCUT2D eigenvalue weighted by Crippen LogP contribution is -2.36. The predicted octanol–water partition coefficient (Wildman–Crippen LogP) is 1.83. The third-order valence-corrected chi connectivity index (χ3v) is 4.50. The number of aliphatic imine (C=N–C) groups is 1. The highest BCUT2D eigenvalue weighted by molar-refractivity contribution is 14.0. The van der Waals surface area contributed by atoms with Crippen LogP contribution in [0, 0.1) is 0 Å². The SMILES string of the molecule is CN=C(NCc1ccc(S(N)(=O)=O)cc1)NCc1ccccc1OC.I. The molecule has 0 heterocycles. The molecule has 0 unspecified atom stereocenters. The molecule has 4 N–H and O–H groups in total. The third kappa shape index (κ3) is 6.46. The molecule has 26 heavy (non-hydrogen) atoms. The fourth-order valence-corrected chi connectivity index (χ4v) is 2.75. The van der Waals surface area contributed by atoms with Gasteiger partial charge in [0, 0.05) is 25.7 Å². The molecule has 0 radical (unpaired) electrons. The smallest absolute Gasteiger partial charge is 0.238 e. The highest BCUT2D eigenvalue weighted by atomic mass is 127. The largest absolute Gasteiger partial charge is 0.496 e. The molecule has 0 aromatic heterocycles. The van der Waals surface area contributed by atoms with Crippen molar-refractivity contribution in [3.05, 3.63) is 59.7 Å². The molecule has 0 aliphatic rings. The summed E-state index contributed by atoms with van der Waals surface area (Å²) in [6.07, 6.45) is 0. The Labute approximate surface area is 171 Å². The lowest BCUT2D eigenvalue weighted by Gasteiger charge is -2.14. The van der Waals surface area contributed by atoms with Gasteiger partial charge in [-0.05, 0) is 23.8 Å². The van der Waals surface area contributed by atoms with Crippen LogP contribution in [0.2, 0.25) is 0 Å². The number of nitrogens with zero attached hydrogens (tertiary/aromatic N) is 1. The van der Waals surface area contributed by atoms with Crippen LogP contribution in [0.1, 0.15) is 11.1 Å². The molecular formula is C17H23IN4O3S. The normalized spacial score (nSPS) is 11.4. The lowest BCUT2D eigenvalue weighted by molar-refractivity contribution is 0.409. The van der Waals surface area contributed by atoms with E-state index in [1.807, 2.05) is 24.3 Å². The first kappa shape index (κ1) is 22.2.